The third kappa shape index (κ3) is 4.83. The van der Waals surface area contributed by atoms with Crippen molar-refractivity contribution in [2.45, 2.75) is 40.7 Å². The highest BCUT2D eigenvalue weighted by Gasteiger charge is 2.49. The molecule has 11 heteroatoms. The Hall–Kier alpha value is -4.90. The molecule has 1 saturated heterocycles. The van der Waals surface area contributed by atoms with Crippen LogP contribution >= 0.6 is 11.3 Å². The summed E-state index contributed by atoms with van der Waals surface area (Å²) in [5, 5.41) is 12.2. The molecule has 4 heterocycles. The van der Waals surface area contributed by atoms with Crippen molar-refractivity contribution in [2.24, 2.45) is 0 Å². The number of anilines is 1. The molecule has 1 aliphatic rings. The molecule has 3 aromatic heterocycles. The van der Waals surface area contributed by atoms with Crippen LogP contribution in [0.4, 0.5) is 5.13 Å². The fourth-order valence-corrected chi connectivity index (χ4v) is 6.53. The van der Waals surface area contributed by atoms with E-state index >= 15 is 0 Å². The molecule has 1 fully saturated rings. The third-order valence-corrected chi connectivity index (χ3v) is 8.52. The van der Waals surface area contributed by atoms with Gasteiger partial charge in [0.15, 0.2) is 22.4 Å². The van der Waals surface area contributed by atoms with Crippen molar-refractivity contribution in [3.63, 3.8) is 0 Å². The highest BCUT2D eigenvalue weighted by Crippen LogP contribution is 2.46. The van der Waals surface area contributed by atoms with E-state index in [4.69, 9.17) is 24.2 Å². The van der Waals surface area contributed by atoms with Gasteiger partial charge >= 0.3 is 5.91 Å². The molecule has 0 spiro atoms. The Kier molecular flexibility index (Phi) is 7.73. The molecule has 44 heavy (non-hydrogen) atoms. The lowest BCUT2D eigenvalue weighted by atomic mass is 9.96. The number of hydrogen-bond acceptors (Lipinski definition) is 9. The van der Waals surface area contributed by atoms with Gasteiger partial charge in [0, 0.05) is 6.20 Å². The summed E-state index contributed by atoms with van der Waals surface area (Å²) < 4.78 is 20.0. The first kappa shape index (κ1) is 29.2. The van der Waals surface area contributed by atoms with Crippen LogP contribution in [0.3, 0.4) is 0 Å². The minimum atomic E-state index is -1.01. The lowest BCUT2D eigenvalue weighted by Gasteiger charge is -2.24. The molecule has 0 bridgehead atoms. The van der Waals surface area contributed by atoms with Gasteiger partial charge in [0.05, 0.1) is 47.3 Å². The van der Waals surface area contributed by atoms with Gasteiger partial charge < -0.3 is 23.7 Å². The molecule has 226 valence electrons. The Morgan fingerprint density at radius 2 is 1.68 bits per heavy atom. The highest BCUT2D eigenvalue weighted by molar-refractivity contribution is 7.22. The summed E-state index contributed by atoms with van der Waals surface area (Å²) in [6, 6.07) is 13.5. The van der Waals surface area contributed by atoms with E-state index < -0.39 is 17.7 Å². The van der Waals surface area contributed by atoms with Crippen molar-refractivity contribution in [1.82, 2.24) is 14.4 Å². The maximum Gasteiger partial charge on any atom is 0.301 e. The number of pyridine rings is 1. The summed E-state index contributed by atoms with van der Waals surface area (Å²) in [5.74, 6) is -0.318. The van der Waals surface area contributed by atoms with Crippen LogP contribution in [0.25, 0.3) is 21.6 Å². The highest BCUT2D eigenvalue weighted by atomic mass is 32.1. The van der Waals surface area contributed by atoms with Crippen molar-refractivity contribution in [3.8, 4) is 17.2 Å². The zero-order chi connectivity index (χ0) is 31.1. The SMILES string of the molecule is CCOc1ccc2nc(N3C(=O)C(=O)/C(=C(/O)c4nc5c(C)cccn5c4C)C3c3ccc(OCC)c(OCC)c3)sc2c1. The van der Waals surface area contributed by atoms with Crippen LogP contribution in [0.1, 0.15) is 49.3 Å². The topological polar surface area (TPSA) is 115 Å². The monoisotopic (exact) mass is 612 g/mol. The molecule has 1 atom stereocenters. The number of Topliss-reactive ketones (excluding diaryl/α,β-unsaturated/α-hetero) is 1. The van der Waals surface area contributed by atoms with Crippen molar-refractivity contribution in [3.05, 3.63) is 82.8 Å². The summed E-state index contributed by atoms with van der Waals surface area (Å²) in [4.78, 5) is 38.5. The predicted octanol–water partition coefficient (Wildman–Crippen LogP) is 6.38. The number of carbonyl (C=O) groups excluding carboxylic acids is 2. The largest absolute Gasteiger partial charge is 0.505 e. The van der Waals surface area contributed by atoms with E-state index in [1.165, 1.54) is 16.2 Å². The maximum absolute atomic E-state index is 13.9. The Labute approximate surface area is 258 Å². The van der Waals surface area contributed by atoms with Gasteiger partial charge in [-0.25, -0.2) is 9.97 Å². The van der Waals surface area contributed by atoms with Crippen LogP contribution in [0.15, 0.2) is 60.3 Å². The number of ether oxygens (including phenoxy) is 3. The van der Waals surface area contributed by atoms with Gasteiger partial charge in [-0.3, -0.25) is 14.5 Å². The average Bonchev–Trinajstić information content (AvgIpc) is 3.66. The number of imidazole rings is 1. The predicted molar refractivity (Wildman–Crippen MR) is 169 cm³/mol. The smallest absolute Gasteiger partial charge is 0.301 e. The second-order valence-electron chi connectivity index (χ2n) is 10.2. The molecule has 1 unspecified atom stereocenters. The van der Waals surface area contributed by atoms with E-state index in [-0.39, 0.29) is 17.0 Å². The molecule has 5 aromatic rings. The molecule has 1 N–H and O–H groups in total. The number of ketones is 1. The summed E-state index contributed by atoms with van der Waals surface area (Å²) in [6.07, 6.45) is 1.84. The Morgan fingerprint density at radius 3 is 2.41 bits per heavy atom. The number of benzene rings is 2. The van der Waals surface area contributed by atoms with E-state index in [0.717, 1.165) is 10.3 Å². The van der Waals surface area contributed by atoms with E-state index in [1.54, 1.807) is 18.2 Å². The van der Waals surface area contributed by atoms with E-state index in [1.807, 2.05) is 75.5 Å². The molecule has 6 rings (SSSR count). The summed E-state index contributed by atoms with van der Waals surface area (Å²) >= 11 is 1.26. The van der Waals surface area contributed by atoms with Crippen molar-refractivity contribution in [2.75, 3.05) is 24.7 Å². The number of nitrogens with zero attached hydrogens (tertiary/aromatic N) is 4. The minimum absolute atomic E-state index is 0.0833. The van der Waals surface area contributed by atoms with E-state index in [0.29, 0.717) is 64.6 Å². The lowest BCUT2D eigenvalue weighted by molar-refractivity contribution is -0.132. The second-order valence-corrected chi connectivity index (χ2v) is 11.2. The fraction of sp³-hybridized carbons (Fsp3) is 0.273. The second kappa shape index (κ2) is 11.6. The molecule has 0 aliphatic carbocycles. The molecular formula is C33H32N4O6S. The molecule has 1 amide bonds. The minimum Gasteiger partial charge on any atom is -0.505 e. The van der Waals surface area contributed by atoms with Crippen LogP contribution in [-0.4, -0.2) is 51.0 Å². The van der Waals surface area contributed by atoms with Crippen LogP contribution in [-0.2, 0) is 9.59 Å². The number of thiazole rings is 1. The lowest BCUT2D eigenvalue weighted by Crippen LogP contribution is -2.29. The van der Waals surface area contributed by atoms with Crippen LogP contribution in [0, 0.1) is 13.8 Å². The number of aliphatic hydroxyl groups excluding tert-OH is 1. The molecule has 2 aromatic carbocycles. The number of hydrogen-bond donors (Lipinski definition) is 1. The zero-order valence-corrected chi connectivity index (χ0v) is 25.9. The molecule has 1 aliphatic heterocycles. The quantitative estimate of drug-likeness (QED) is 0.116. The van der Waals surface area contributed by atoms with Crippen molar-refractivity contribution >= 4 is 49.8 Å². The van der Waals surface area contributed by atoms with Gasteiger partial charge in [-0.05, 0) is 82.1 Å². The van der Waals surface area contributed by atoms with Gasteiger partial charge in [-0.15, -0.1) is 0 Å². The number of rotatable bonds is 9. The maximum atomic E-state index is 13.9. The molecule has 0 radical (unpaired) electrons. The van der Waals surface area contributed by atoms with Gasteiger partial charge in [-0.1, -0.05) is 23.5 Å². The molecular weight excluding hydrogens is 580 g/mol. The average molecular weight is 613 g/mol. The van der Waals surface area contributed by atoms with Crippen LogP contribution < -0.4 is 19.1 Å². The van der Waals surface area contributed by atoms with E-state index in [9.17, 15) is 14.7 Å². The number of carbonyl (C=O) groups is 2. The van der Waals surface area contributed by atoms with Crippen molar-refractivity contribution < 1.29 is 28.9 Å². The summed E-state index contributed by atoms with van der Waals surface area (Å²) in [6.45, 7) is 10.7. The number of aliphatic hydroxyl groups is 1. The van der Waals surface area contributed by atoms with Gasteiger partial charge in [-0.2, -0.15) is 0 Å². The van der Waals surface area contributed by atoms with Gasteiger partial charge in [0.25, 0.3) is 5.78 Å². The van der Waals surface area contributed by atoms with Gasteiger partial charge in [0.2, 0.25) is 0 Å². The molecule has 10 nitrogen and oxygen atoms in total. The first-order valence-electron chi connectivity index (χ1n) is 14.5. The summed E-state index contributed by atoms with van der Waals surface area (Å²) in [7, 11) is 0. The number of aryl methyl sites for hydroxylation is 2. The van der Waals surface area contributed by atoms with Gasteiger partial charge in [0.1, 0.15) is 17.1 Å². The number of amides is 1. The van der Waals surface area contributed by atoms with E-state index in [2.05, 4.69) is 0 Å². The zero-order valence-electron chi connectivity index (χ0n) is 25.1. The normalized spacial score (nSPS) is 16.3. The summed E-state index contributed by atoms with van der Waals surface area (Å²) in [5.41, 5.74) is 3.53. The number of aromatic nitrogens is 3. The Morgan fingerprint density at radius 1 is 0.932 bits per heavy atom. The van der Waals surface area contributed by atoms with Crippen molar-refractivity contribution in [1.29, 1.82) is 0 Å². The standard InChI is InChI=1S/C33H32N4O6S/c1-6-41-21-12-13-22-25(17-21)44-33(34-22)37-28(20-11-14-23(42-7-2)24(16-20)43-8-3)26(30(39)32(37)40)29(38)27-19(5)36-15-9-10-18(4)31(36)35-27/h9-17,28,38H,6-8H2,1-5H3/b29-26+. The first-order valence-corrected chi connectivity index (χ1v) is 15.3. The van der Waals surface area contributed by atoms with Crippen LogP contribution in [0.5, 0.6) is 17.2 Å². The Bertz CT molecular complexity index is 1960. The third-order valence-electron chi connectivity index (χ3n) is 7.50. The fourth-order valence-electron chi connectivity index (χ4n) is 5.51. The first-order chi connectivity index (χ1) is 21.3. The number of fused-ring (bicyclic) bond motifs is 2. The van der Waals surface area contributed by atoms with Crippen LogP contribution in [0.2, 0.25) is 0 Å². The Balaban J connectivity index is 1.58. The molecule has 0 saturated carbocycles.